The number of pyridine rings is 1. The molecule has 31 heavy (non-hydrogen) atoms. The average Bonchev–Trinajstić information content (AvgIpc) is 3.38. The molecule has 5 rings (SSSR count). The molecule has 2 aliphatic rings. The van der Waals surface area contributed by atoms with E-state index in [1.54, 1.807) is 28.9 Å². The lowest BCUT2D eigenvalue weighted by Gasteiger charge is -2.20. The summed E-state index contributed by atoms with van der Waals surface area (Å²) in [6.07, 6.45) is 4.33. The molecule has 2 aliphatic heterocycles. The van der Waals surface area contributed by atoms with Gasteiger partial charge in [-0.15, -0.1) is 0 Å². The minimum absolute atomic E-state index is 0.0120. The fraction of sp³-hybridized carbons (Fsp3) is 0.348. The summed E-state index contributed by atoms with van der Waals surface area (Å²) in [6.45, 7) is 8.25. The summed E-state index contributed by atoms with van der Waals surface area (Å²) in [7, 11) is 0. The van der Waals surface area contributed by atoms with E-state index in [2.05, 4.69) is 46.4 Å². The van der Waals surface area contributed by atoms with Crippen LogP contribution in [-0.4, -0.2) is 32.5 Å². The summed E-state index contributed by atoms with van der Waals surface area (Å²) in [5.41, 5.74) is 4.31. The first-order valence-corrected chi connectivity index (χ1v) is 11.4. The molecule has 3 aromatic rings. The van der Waals surface area contributed by atoms with E-state index in [9.17, 15) is 4.79 Å². The van der Waals surface area contributed by atoms with Crippen LogP contribution >= 0.6 is 11.9 Å². The molecular weight excluding hydrogens is 410 g/mol. The number of hydrogen-bond acceptors (Lipinski definition) is 6. The first-order valence-electron chi connectivity index (χ1n) is 10.6. The molecule has 0 fully saturated rings. The van der Waals surface area contributed by atoms with Crippen LogP contribution in [0.15, 0.2) is 52.6 Å². The molecule has 0 saturated carbocycles. The predicted molar refractivity (Wildman–Crippen MR) is 124 cm³/mol. The highest BCUT2D eigenvalue weighted by Gasteiger charge is 2.31. The van der Waals surface area contributed by atoms with Crippen molar-refractivity contribution in [1.29, 1.82) is 0 Å². The summed E-state index contributed by atoms with van der Waals surface area (Å²) in [5, 5.41) is 4.39. The lowest BCUT2D eigenvalue weighted by atomic mass is 9.99. The summed E-state index contributed by atoms with van der Waals surface area (Å²) >= 11 is 1.73. The first kappa shape index (κ1) is 19.9. The summed E-state index contributed by atoms with van der Waals surface area (Å²) in [4.78, 5) is 18.1. The van der Waals surface area contributed by atoms with Gasteiger partial charge in [0.25, 0.3) is 5.56 Å². The van der Waals surface area contributed by atoms with Gasteiger partial charge in [0, 0.05) is 35.7 Å². The maximum Gasteiger partial charge on any atom is 0.251 e. The fourth-order valence-corrected chi connectivity index (χ4v) is 5.19. The smallest absolute Gasteiger partial charge is 0.251 e. The van der Waals surface area contributed by atoms with E-state index < -0.39 is 0 Å². The Morgan fingerprint density at radius 1 is 1.19 bits per heavy atom. The van der Waals surface area contributed by atoms with E-state index in [1.807, 2.05) is 23.9 Å². The van der Waals surface area contributed by atoms with Crippen LogP contribution in [0, 0.1) is 0 Å². The number of aryl methyl sites for hydroxylation is 1. The van der Waals surface area contributed by atoms with Crippen molar-refractivity contribution in [2.24, 2.45) is 0 Å². The van der Waals surface area contributed by atoms with E-state index in [0.717, 1.165) is 41.4 Å². The van der Waals surface area contributed by atoms with E-state index in [-0.39, 0.29) is 11.6 Å². The summed E-state index contributed by atoms with van der Waals surface area (Å²) in [6, 6.07) is 10.2. The lowest BCUT2D eigenvalue weighted by Crippen LogP contribution is -2.19. The molecule has 0 unspecified atom stereocenters. The number of hydrogen-bond donors (Lipinski definition) is 0. The summed E-state index contributed by atoms with van der Waals surface area (Å²) in [5.74, 6) is 1.75. The standard InChI is InChI=1S/C23H25N5O2S/c1-4-26-9-7-17(12-22(26)29)16-5-6-18-19-13-27(23-24-14-25-28(23)15(2)3)31-21(19)8-10-30-20(18)11-16/h5-7,9,11-12,14-15H,4,8,10,13H2,1-3H3. The van der Waals surface area contributed by atoms with Gasteiger partial charge in [-0.25, -0.2) is 4.68 Å². The number of ether oxygens (including phenoxy) is 1. The molecule has 4 heterocycles. The lowest BCUT2D eigenvalue weighted by molar-refractivity contribution is 0.326. The molecule has 0 spiro atoms. The van der Waals surface area contributed by atoms with Gasteiger partial charge >= 0.3 is 0 Å². The Labute approximate surface area is 185 Å². The van der Waals surface area contributed by atoms with E-state index >= 15 is 0 Å². The van der Waals surface area contributed by atoms with Crippen molar-refractivity contribution in [2.45, 2.75) is 39.8 Å². The molecule has 0 atom stereocenters. The van der Waals surface area contributed by atoms with E-state index in [0.29, 0.717) is 13.2 Å². The Balaban J connectivity index is 1.47. The summed E-state index contributed by atoms with van der Waals surface area (Å²) < 4.78 is 12.0. The zero-order valence-electron chi connectivity index (χ0n) is 17.9. The fourth-order valence-electron chi connectivity index (χ4n) is 4.06. The number of aromatic nitrogens is 4. The molecule has 0 N–H and O–H groups in total. The molecule has 160 valence electrons. The number of rotatable bonds is 4. The first-order chi connectivity index (χ1) is 15.0. The van der Waals surface area contributed by atoms with Crippen LogP contribution in [0.5, 0.6) is 5.75 Å². The van der Waals surface area contributed by atoms with E-state index in [4.69, 9.17) is 4.74 Å². The number of anilines is 1. The van der Waals surface area contributed by atoms with Gasteiger partial charge in [0.2, 0.25) is 5.95 Å². The highest BCUT2D eigenvalue weighted by Crippen LogP contribution is 2.46. The van der Waals surface area contributed by atoms with Crippen molar-refractivity contribution in [3.05, 3.63) is 63.7 Å². The molecule has 8 heteroatoms. The van der Waals surface area contributed by atoms with Crippen LogP contribution in [0.4, 0.5) is 5.95 Å². The van der Waals surface area contributed by atoms with Crippen molar-refractivity contribution in [2.75, 3.05) is 17.5 Å². The zero-order valence-corrected chi connectivity index (χ0v) is 18.7. The maximum atomic E-state index is 12.3. The molecule has 2 aromatic heterocycles. The van der Waals surface area contributed by atoms with Crippen LogP contribution in [0.3, 0.4) is 0 Å². The Kier molecular flexibility index (Phi) is 5.09. The van der Waals surface area contributed by atoms with Gasteiger partial charge in [-0.2, -0.15) is 10.1 Å². The molecule has 1 aromatic carbocycles. The number of nitrogens with zero attached hydrogens (tertiary/aromatic N) is 5. The van der Waals surface area contributed by atoms with Gasteiger partial charge in [0.15, 0.2) is 0 Å². The van der Waals surface area contributed by atoms with E-state index in [1.165, 1.54) is 10.5 Å². The second-order valence-electron chi connectivity index (χ2n) is 7.98. The quantitative estimate of drug-likeness (QED) is 0.567. The Hall–Kier alpha value is -3.00. The van der Waals surface area contributed by atoms with Crippen molar-refractivity contribution in [3.8, 4) is 16.9 Å². The number of fused-ring (bicyclic) bond motifs is 2. The minimum atomic E-state index is 0.0120. The van der Waals surface area contributed by atoms with Gasteiger partial charge in [-0.3, -0.25) is 9.10 Å². The Morgan fingerprint density at radius 2 is 2.03 bits per heavy atom. The van der Waals surface area contributed by atoms with Crippen LogP contribution in [0.2, 0.25) is 0 Å². The molecule has 0 radical (unpaired) electrons. The highest BCUT2D eigenvalue weighted by atomic mass is 32.2. The SMILES string of the molecule is CCn1ccc(-c2ccc3c(c2)OCCC2=C3CN(c3ncnn3C(C)C)S2)cc1=O. The third-order valence-corrected chi connectivity index (χ3v) is 6.87. The van der Waals surface area contributed by atoms with Gasteiger partial charge in [-0.05, 0) is 61.6 Å². The molecule has 0 saturated heterocycles. The van der Waals surface area contributed by atoms with Crippen molar-refractivity contribution >= 4 is 23.5 Å². The highest BCUT2D eigenvalue weighted by molar-refractivity contribution is 8.04. The molecular formula is C23H25N5O2S. The molecule has 0 aliphatic carbocycles. The maximum absolute atomic E-state index is 12.3. The van der Waals surface area contributed by atoms with Crippen molar-refractivity contribution in [1.82, 2.24) is 19.3 Å². The van der Waals surface area contributed by atoms with Gasteiger partial charge < -0.3 is 9.30 Å². The van der Waals surface area contributed by atoms with Gasteiger partial charge in [-0.1, -0.05) is 12.1 Å². The topological polar surface area (TPSA) is 65.2 Å². The van der Waals surface area contributed by atoms with Crippen LogP contribution < -0.4 is 14.6 Å². The molecule has 7 nitrogen and oxygen atoms in total. The second-order valence-corrected chi connectivity index (χ2v) is 9.09. The molecule has 0 bridgehead atoms. The van der Waals surface area contributed by atoms with Gasteiger partial charge in [0.05, 0.1) is 19.2 Å². The average molecular weight is 436 g/mol. The second kappa shape index (κ2) is 7.92. The normalized spacial score (nSPS) is 15.7. The predicted octanol–water partition coefficient (Wildman–Crippen LogP) is 4.37. The van der Waals surface area contributed by atoms with Crippen molar-refractivity contribution < 1.29 is 4.74 Å². The Bertz CT molecular complexity index is 1230. The largest absolute Gasteiger partial charge is 0.493 e. The third-order valence-electron chi connectivity index (χ3n) is 5.69. The monoisotopic (exact) mass is 435 g/mol. The number of benzene rings is 1. The van der Waals surface area contributed by atoms with Gasteiger partial charge in [0.1, 0.15) is 12.1 Å². The van der Waals surface area contributed by atoms with Crippen LogP contribution in [0.1, 0.15) is 38.8 Å². The van der Waals surface area contributed by atoms with Crippen LogP contribution in [0.25, 0.3) is 16.7 Å². The van der Waals surface area contributed by atoms with Crippen molar-refractivity contribution in [3.63, 3.8) is 0 Å². The third kappa shape index (κ3) is 3.54. The Morgan fingerprint density at radius 3 is 2.81 bits per heavy atom. The van der Waals surface area contributed by atoms with Crippen LogP contribution in [-0.2, 0) is 6.54 Å². The zero-order chi connectivity index (χ0) is 21.5. The molecule has 0 amide bonds. The minimum Gasteiger partial charge on any atom is -0.493 e.